The van der Waals surface area contributed by atoms with Crippen molar-refractivity contribution in [3.63, 3.8) is 0 Å². The molecule has 1 saturated heterocycles. The summed E-state index contributed by atoms with van der Waals surface area (Å²) in [5, 5.41) is 2.91. The third-order valence-corrected chi connectivity index (χ3v) is 5.79. The molecular weight excluding hydrogens is 345 g/mol. The third-order valence-electron chi connectivity index (χ3n) is 5.79. The summed E-state index contributed by atoms with van der Waals surface area (Å²) in [5.41, 5.74) is 0.874. The Morgan fingerprint density at radius 1 is 1.22 bits per heavy atom. The Kier molecular flexibility index (Phi) is 6.83. The van der Waals surface area contributed by atoms with Gasteiger partial charge in [-0.3, -0.25) is 14.5 Å². The molecule has 0 aromatic heterocycles. The van der Waals surface area contributed by atoms with E-state index in [0.29, 0.717) is 19.0 Å². The summed E-state index contributed by atoms with van der Waals surface area (Å²) >= 11 is 0. The van der Waals surface area contributed by atoms with Crippen molar-refractivity contribution in [3.8, 4) is 0 Å². The van der Waals surface area contributed by atoms with Crippen LogP contribution in [-0.2, 0) is 16.1 Å². The SMILES string of the molecule is CN(Cc1ccc(F)cc1)C(=O)CC1C(=O)NCCN1CC1CCCCC1. The number of halogens is 1. The van der Waals surface area contributed by atoms with E-state index in [1.165, 1.54) is 44.2 Å². The number of nitrogens with zero attached hydrogens (tertiary/aromatic N) is 2. The fourth-order valence-electron chi connectivity index (χ4n) is 4.18. The molecule has 1 heterocycles. The number of rotatable bonds is 6. The van der Waals surface area contributed by atoms with Gasteiger partial charge in [0.05, 0.1) is 12.5 Å². The molecule has 1 aliphatic carbocycles. The number of amides is 2. The Bertz CT molecular complexity index is 643. The lowest BCUT2D eigenvalue weighted by molar-refractivity contribution is -0.138. The summed E-state index contributed by atoms with van der Waals surface area (Å²) in [6.45, 7) is 2.78. The van der Waals surface area contributed by atoms with Crippen molar-refractivity contribution in [1.29, 1.82) is 0 Å². The highest BCUT2D eigenvalue weighted by atomic mass is 19.1. The van der Waals surface area contributed by atoms with Gasteiger partial charge in [0.25, 0.3) is 0 Å². The van der Waals surface area contributed by atoms with Gasteiger partial charge in [0.15, 0.2) is 0 Å². The summed E-state index contributed by atoms with van der Waals surface area (Å²) in [4.78, 5) is 29.0. The van der Waals surface area contributed by atoms with Gasteiger partial charge in [0, 0.05) is 33.2 Å². The van der Waals surface area contributed by atoms with Crippen molar-refractivity contribution < 1.29 is 14.0 Å². The van der Waals surface area contributed by atoms with Gasteiger partial charge in [-0.2, -0.15) is 0 Å². The maximum absolute atomic E-state index is 13.0. The van der Waals surface area contributed by atoms with Gasteiger partial charge in [0.2, 0.25) is 11.8 Å². The van der Waals surface area contributed by atoms with Gasteiger partial charge >= 0.3 is 0 Å². The summed E-state index contributed by atoms with van der Waals surface area (Å²) in [7, 11) is 1.73. The zero-order valence-corrected chi connectivity index (χ0v) is 16.1. The van der Waals surface area contributed by atoms with Gasteiger partial charge in [-0.05, 0) is 36.5 Å². The maximum atomic E-state index is 13.0. The highest BCUT2D eigenvalue weighted by Crippen LogP contribution is 2.26. The van der Waals surface area contributed by atoms with E-state index in [-0.39, 0.29) is 30.1 Å². The molecular formula is C21H30FN3O2. The van der Waals surface area contributed by atoms with Crippen LogP contribution in [0.5, 0.6) is 0 Å². The Labute approximate surface area is 160 Å². The van der Waals surface area contributed by atoms with Gasteiger partial charge in [-0.25, -0.2) is 4.39 Å². The summed E-state index contributed by atoms with van der Waals surface area (Å²) in [6, 6.07) is 5.77. The molecule has 1 saturated carbocycles. The van der Waals surface area contributed by atoms with E-state index in [2.05, 4.69) is 10.2 Å². The van der Waals surface area contributed by atoms with Crippen molar-refractivity contribution >= 4 is 11.8 Å². The van der Waals surface area contributed by atoms with Crippen LogP contribution >= 0.6 is 0 Å². The van der Waals surface area contributed by atoms with Crippen LogP contribution in [0.3, 0.4) is 0 Å². The lowest BCUT2D eigenvalue weighted by atomic mass is 9.88. The number of carbonyl (C=O) groups excluding carboxylic acids is 2. The average Bonchev–Trinajstić information content (AvgIpc) is 2.67. The second kappa shape index (κ2) is 9.31. The van der Waals surface area contributed by atoms with E-state index < -0.39 is 0 Å². The first kappa shape index (κ1) is 19.8. The van der Waals surface area contributed by atoms with Crippen LogP contribution in [0.25, 0.3) is 0 Å². The standard InChI is InChI=1S/C21H30FN3O2/c1-24(14-17-7-9-18(22)10-8-17)20(26)13-19-21(27)23-11-12-25(19)15-16-5-3-2-4-6-16/h7-10,16,19H,2-6,11-15H2,1H3,(H,23,27). The quantitative estimate of drug-likeness (QED) is 0.831. The van der Waals surface area contributed by atoms with E-state index >= 15 is 0 Å². The van der Waals surface area contributed by atoms with Crippen LogP contribution in [0.1, 0.15) is 44.1 Å². The molecule has 0 bridgehead atoms. The first-order valence-corrected chi connectivity index (χ1v) is 10.0. The fourth-order valence-corrected chi connectivity index (χ4v) is 4.18. The largest absolute Gasteiger partial charge is 0.353 e. The molecule has 2 fully saturated rings. The average molecular weight is 375 g/mol. The van der Waals surface area contributed by atoms with Gasteiger partial charge < -0.3 is 10.2 Å². The number of hydrogen-bond donors (Lipinski definition) is 1. The monoisotopic (exact) mass is 375 g/mol. The molecule has 27 heavy (non-hydrogen) atoms. The van der Waals surface area contributed by atoms with E-state index in [9.17, 15) is 14.0 Å². The molecule has 1 aromatic carbocycles. The topological polar surface area (TPSA) is 52.7 Å². The predicted molar refractivity (Wildman–Crippen MR) is 102 cm³/mol. The third kappa shape index (κ3) is 5.51. The van der Waals surface area contributed by atoms with Crippen LogP contribution in [0.15, 0.2) is 24.3 Å². The Balaban J connectivity index is 1.58. The number of carbonyl (C=O) groups is 2. The van der Waals surface area contributed by atoms with Gasteiger partial charge in [-0.15, -0.1) is 0 Å². The normalized spacial score (nSPS) is 21.7. The molecule has 1 aliphatic heterocycles. The van der Waals surface area contributed by atoms with Gasteiger partial charge in [-0.1, -0.05) is 31.4 Å². The van der Waals surface area contributed by atoms with Crippen LogP contribution in [-0.4, -0.2) is 54.3 Å². The second-order valence-corrected chi connectivity index (χ2v) is 7.89. The first-order valence-electron chi connectivity index (χ1n) is 10.0. The molecule has 5 nitrogen and oxygen atoms in total. The lowest BCUT2D eigenvalue weighted by Gasteiger charge is -2.38. The van der Waals surface area contributed by atoms with E-state index in [1.54, 1.807) is 24.1 Å². The zero-order chi connectivity index (χ0) is 19.2. The minimum Gasteiger partial charge on any atom is -0.353 e. The highest BCUT2D eigenvalue weighted by molar-refractivity contribution is 5.88. The molecule has 1 unspecified atom stereocenters. The Morgan fingerprint density at radius 2 is 1.93 bits per heavy atom. The van der Waals surface area contributed by atoms with E-state index in [0.717, 1.165) is 18.7 Å². The van der Waals surface area contributed by atoms with Crippen molar-refractivity contribution in [1.82, 2.24) is 15.1 Å². The minimum atomic E-state index is -0.385. The van der Waals surface area contributed by atoms with Crippen LogP contribution < -0.4 is 5.32 Å². The van der Waals surface area contributed by atoms with Crippen molar-refractivity contribution in [2.24, 2.45) is 5.92 Å². The smallest absolute Gasteiger partial charge is 0.237 e. The van der Waals surface area contributed by atoms with Crippen LogP contribution in [0.2, 0.25) is 0 Å². The molecule has 1 N–H and O–H groups in total. The molecule has 148 valence electrons. The number of benzene rings is 1. The predicted octanol–water partition coefficient (Wildman–Crippen LogP) is 2.55. The molecule has 1 aromatic rings. The molecule has 1 atom stereocenters. The first-order chi connectivity index (χ1) is 13.0. The summed E-state index contributed by atoms with van der Waals surface area (Å²) in [5.74, 6) is 0.250. The second-order valence-electron chi connectivity index (χ2n) is 7.89. The summed E-state index contributed by atoms with van der Waals surface area (Å²) in [6.07, 6.45) is 6.50. The number of piperazine rings is 1. The maximum Gasteiger partial charge on any atom is 0.237 e. The Morgan fingerprint density at radius 3 is 2.63 bits per heavy atom. The molecule has 0 spiro atoms. The van der Waals surface area contributed by atoms with Gasteiger partial charge in [0.1, 0.15) is 5.82 Å². The number of nitrogens with one attached hydrogen (secondary N) is 1. The van der Waals surface area contributed by atoms with E-state index in [4.69, 9.17) is 0 Å². The van der Waals surface area contributed by atoms with Crippen LogP contribution in [0.4, 0.5) is 4.39 Å². The zero-order valence-electron chi connectivity index (χ0n) is 16.1. The summed E-state index contributed by atoms with van der Waals surface area (Å²) < 4.78 is 13.0. The highest BCUT2D eigenvalue weighted by Gasteiger charge is 2.33. The lowest BCUT2D eigenvalue weighted by Crippen LogP contribution is -2.57. The van der Waals surface area contributed by atoms with Crippen LogP contribution in [0, 0.1) is 11.7 Å². The minimum absolute atomic E-state index is 0.0411. The molecule has 6 heteroatoms. The van der Waals surface area contributed by atoms with E-state index in [1.807, 2.05) is 0 Å². The number of hydrogen-bond acceptors (Lipinski definition) is 3. The Hall–Kier alpha value is -1.95. The van der Waals surface area contributed by atoms with Crippen molar-refractivity contribution in [3.05, 3.63) is 35.6 Å². The molecule has 3 rings (SSSR count). The van der Waals surface area contributed by atoms with Crippen molar-refractivity contribution in [2.45, 2.75) is 51.1 Å². The fraction of sp³-hybridized carbons (Fsp3) is 0.619. The molecule has 0 radical (unpaired) electrons. The molecule has 2 amide bonds. The molecule has 2 aliphatic rings. The van der Waals surface area contributed by atoms with Crippen molar-refractivity contribution in [2.75, 3.05) is 26.7 Å².